The molecule has 1 aliphatic rings. The van der Waals surface area contributed by atoms with E-state index in [9.17, 15) is 9.59 Å². The molecule has 3 nitrogen and oxygen atoms in total. The fourth-order valence-corrected chi connectivity index (χ4v) is 1.04. The maximum absolute atomic E-state index is 11.0. The topological polar surface area (TPSA) is 46.2 Å². The Morgan fingerprint density at radius 1 is 1.55 bits per heavy atom. The predicted octanol–water partition coefficient (Wildman–Crippen LogP) is 0.871. The van der Waals surface area contributed by atoms with Crippen LogP contribution in [0.5, 0.6) is 0 Å². The standard InChI is InChI=1S/C7H11NO2.ClH/c1-3-7(2)4-5(9)8-6(7)10;/h3-4H2,1-2H3,(H,8,9,10);1H. The van der Waals surface area contributed by atoms with Gasteiger partial charge in [-0.15, -0.1) is 12.4 Å². The first-order valence-electron chi connectivity index (χ1n) is 3.43. The first-order chi connectivity index (χ1) is 4.58. The first-order valence-corrected chi connectivity index (χ1v) is 3.43. The average Bonchev–Trinajstić information content (AvgIpc) is 2.09. The second kappa shape index (κ2) is 3.22. The van der Waals surface area contributed by atoms with E-state index in [2.05, 4.69) is 5.32 Å². The molecule has 1 atom stereocenters. The van der Waals surface area contributed by atoms with Gasteiger partial charge in [-0.3, -0.25) is 14.9 Å². The molecule has 1 fully saturated rings. The molecule has 1 unspecified atom stereocenters. The molecule has 4 heteroatoms. The maximum atomic E-state index is 11.0. The Bertz CT molecular complexity index is 193. The van der Waals surface area contributed by atoms with E-state index < -0.39 is 5.41 Å². The van der Waals surface area contributed by atoms with E-state index >= 15 is 0 Å². The minimum atomic E-state index is -0.433. The molecule has 0 bridgehead atoms. The Balaban J connectivity index is 0.000001000. The quantitative estimate of drug-likeness (QED) is 0.605. The Labute approximate surface area is 71.9 Å². The fraction of sp³-hybridized carbons (Fsp3) is 0.714. The summed E-state index contributed by atoms with van der Waals surface area (Å²) in [4.78, 5) is 21.7. The molecule has 1 saturated heterocycles. The molecule has 0 saturated carbocycles. The van der Waals surface area contributed by atoms with Crippen molar-refractivity contribution in [3.8, 4) is 0 Å². The lowest BCUT2D eigenvalue weighted by Gasteiger charge is -2.14. The highest BCUT2D eigenvalue weighted by Crippen LogP contribution is 2.29. The van der Waals surface area contributed by atoms with E-state index in [0.29, 0.717) is 6.42 Å². The molecule has 11 heavy (non-hydrogen) atoms. The normalized spacial score (nSPS) is 29.6. The lowest BCUT2D eigenvalue weighted by Crippen LogP contribution is -2.28. The summed E-state index contributed by atoms with van der Waals surface area (Å²) in [6.45, 7) is 3.73. The van der Waals surface area contributed by atoms with Crippen molar-refractivity contribution in [1.82, 2.24) is 5.32 Å². The van der Waals surface area contributed by atoms with E-state index in [-0.39, 0.29) is 24.2 Å². The van der Waals surface area contributed by atoms with E-state index in [0.717, 1.165) is 6.42 Å². The lowest BCUT2D eigenvalue weighted by molar-refractivity contribution is -0.128. The van der Waals surface area contributed by atoms with Crippen LogP contribution in [0.2, 0.25) is 0 Å². The van der Waals surface area contributed by atoms with Gasteiger partial charge in [-0.1, -0.05) is 13.8 Å². The minimum absolute atomic E-state index is 0. The molecule has 0 aromatic carbocycles. The van der Waals surface area contributed by atoms with E-state index in [1.807, 2.05) is 13.8 Å². The van der Waals surface area contributed by atoms with Gasteiger partial charge >= 0.3 is 0 Å². The van der Waals surface area contributed by atoms with Crippen molar-refractivity contribution < 1.29 is 9.59 Å². The van der Waals surface area contributed by atoms with E-state index in [4.69, 9.17) is 0 Å². The smallest absolute Gasteiger partial charge is 0.232 e. The van der Waals surface area contributed by atoms with Crippen molar-refractivity contribution in [3.05, 3.63) is 0 Å². The van der Waals surface area contributed by atoms with Crippen LogP contribution in [0, 0.1) is 5.41 Å². The summed E-state index contributed by atoms with van der Waals surface area (Å²) < 4.78 is 0. The molecule has 0 radical (unpaired) electrons. The Morgan fingerprint density at radius 2 is 2.09 bits per heavy atom. The van der Waals surface area contributed by atoms with Crippen LogP contribution < -0.4 is 5.32 Å². The van der Waals surface area contributed by atoms with Gasteiger partial charge in [-0.05, 0) is 6.42 Å². The number of carbonyl (C=O) groups is 2. The number of amides is 2. The summed E-state index contributed by atoms with van der Waals surface area (Å²) >= 11 is 0. The van der Waals surface area contributed by atoms with Crippen LogP contribution in [0.15, 0.2) is 0 Å². The Hall–Kier alpha value is -0.570. The van der Waals surface area contributed by atoms with Crippen molar-refractivity contribution >= 4 is 24.2 Å². The maximum Gasteiger partial charge on any atom is 0.232 e. The van der Waals surface area contributed by atoms with Gasteiger partial charge in [-0.2, -0.15) is 0 Å². The number of hydrogen-bond donors (Lipinski definition) is 1. The fourth-order valence-electron chi connectivity index (χ4n) is 1.04. The van der Waals surface area contributed by atoms with Gasteiger partial charge in [0.05, 0.1) is 5.41 Å². The van der Waals surface area contributed by atoms with Crippen LogP contribution in [0.3, 0.4) is 0 Å². The zero-order valence-electron chi connectivity index (χ0n) is 6.64. The van der Waals surface area contributed by atoms with Gasteiger partial charge in [0.25, 0.3) is 0 Å². The van der Waals surface area contributed by atoms with Gasteiger partial charge in [0.2, 0.25) is 11.8 Å². The molecule has 0 aliphatic carbocycles. The highest BCUT2D eigenvalue weighted by molar-refractivity contribution is 6.05. The molecule has 0 aromatic rings. The third kappa shape index (κ3) is 1.71. The summed E-state index contributed by atoms with van der Waals surface area (Å²) in [6, 6.07) is 0. The Kier molecular flexibility index (Phi) is 3.05. The monoisotopic (exact) mass is 177 g/mol. The molecule has 2 amide bonds. The van der Waals surface area contributed by atoms with Crippen LogP contribution in [0.1, 0.15) is 26.7 Å². The number of rotatable bonds is 1. The van der Waals surface area contributed by atoms with Crippen LogP contribution in [-0.4, -0.2) is 11.8 Å². The number of nitrogens with one attached hydrogen (secondary N) is 1. The zero-order chi connectivity index (χ0) is 7.78. The molecule has 1 N–H and O–H groups in total. The molecule has 1 rings (SSSR count). The van der Waals surface area contributed by atoms with Crippen molar-refractivity contribution in [3.63, 3.8) is 0 Å². The SMILES string of the molecule is CCC1(C)CC(=O)NC1=O.Cl. The summed E-state index contributed by atoms with van der Waals surface area (Å²) in [5, 5.41) is 2.28. The van der Waals surface area contributed by atoms with E-state index in [1.54, 1.807) is 0 Å². The van der Waals surface area contributed by atoms with Crippen LogP contribution in [0.4, 0.5) is 0 Å². The first kappa shape index (κ1) is 10.4. The molecule has 1 aliphatic heterocycles. The highest BCUT2D eigenvalue weighted by atomic mass is 35.5. The van der Waals surface area contributed by atoms with Crippen LogP contribution >= 0.6 is 12.4 Å². The summed E-state index contributed by atoms with van der Waals surface area (Å²) in [7, 11) is 0. The highest BCUT2D eigenvalue weighted by Gasteiger charge is 2.40. The van der Waals surface area contributed by atoms with Gasteiger partial charge in [0, 0.05) is 6.42 Å². The molecule has 0 spiro atoms. The summed E-state index contributed by atoms with van der Waals surface area (Å²) in [5.74, 6) is -0.269. The summed E-state index contributed by atoms with van der Waals surface area (Å²) in [5.41, 5.74) is -0.433. The molecular formula is C7H12ClNO2. The number of imide groups is 1. The lowest BCUT2D eigenvalue weighted by atomic mass is 9.86. The van der Waals surface area contributed by atoms with Gasteiger partial charge in [-0.25, -0.2) is 0 Å². The van der Waals surface area contributed by atoms with Crippen LogP contribution in [-0.2, 0) is 9.59 Å². The summed E-state index contributed by atoms with van der Waals surface area (Å²) in [6.07, 6.45) is 1.08. The zero-order valence-corrected chi connectivity index (χ0v) is 7.46. The largest absolute Gasteiger partial charge is 0.296 e. The molecule has 0 aromatic heterocycles. The molecule has 64 valence electrons. The molecular weight excluding hydrogens is 166 g/mol. The second-order valence-corrected chi connectivity index (χ2v) is 2.97. The third-order valence-corrected chi connectivity index (χ3v) is 2.13. The van der Waals surface area contributed by atoms with Crippen molar-refractivity contribution in [2.24, 2.45) is 5.41 Å². The predicted molar refractivity (Wildman–Crippen MR) is 43.4 cm³/mol. The van der Waals surface area contributed by atoms with Crippen molar-refractivity contribution in [2.75, 3.05) is 0 Å². The third-order valence-electron chi connectivity index (χ3n) is 2.13. The second-order valence-electron chi connectivity index (χ2n) is 2.97. The van der Waals surface area contributed by atoms with Crippen molar-refractivity contribution in [2.45, 2.75) is 26.7 Å². The number of hydrogen-bond acceptors (Lipinski definition) is 2. The van der Waals surface area contributed by atoms with Crippen molar-refractivity contribution in [1.29, 1.82) is 0 Å². The van der Waals surface area contributed by atoms with Crippen LogP contribution in [0.25, 0.3) is 0 Å². The average molecular weight is 178 g/mol. The number of carbonyl (C=O) groups excluding carboxylic acids is 2. The van der Waals surface area contributed by atoms with E-state index in [1.165, 1.54) is 0 Å². The Morgan fingerprint density at radius 3 is 2.27 bits per heavy atom. The van der Waals surface area contributed by atoms with Gasteiger partial charge in [0.15, 0.2) is 0 Å². The van der Waals surface area contributed by atoms with Gasteiger partial charge < -0.3 is 0 Å². The number of halogens is 1. The molecule has 1 heterocycles. The van der Waals surface area contributed by atoms with Gasteiger partial charge in [0.1, 0.15) is 0 Å². The minimum Gasteiger partial charge on any atom is -0.296 e.